The summed E-state index contributed by atoms with van der Waals surface area (Å²) in [5, 5.41) is -0.368. The number of hydrogen-bond acceptors (Lipinski definition) is 2. The van der Waals surface area contributed by atoms with Crippen molar-refractivity contribution in [3.05, 3.63) is 16.1 Å². The lowest BCUT2D eigenvalue weighted by molar-refractivity contribution is -0.137. The minimum absolute atomic E-state index is 0. The molecule has 12 heavy (non-hydrogen) atoms. The van der Waals surface area contributed by atoms with Crippen LogP contribution in [0.3, 0.4) is 0 Å². The predicted octanol–water partition coefficient (Wildman–Crippen LogP) is 3.63. The Hall–Kier alpha value is 0.380. The van der Waals surface area contributed by atoms with E-state index in [1.807, 2.05) is 0 Å². The van der Waals surface area contributed by atoms with Gasteiger partial charge in [-0.15, -0.1) is 28.3 Å². The van der Waals surface area contributed by atoms with Crippen molar-refractivity contribution in [2.75, 3.05) is 0 Å². The molecule has 0 saturated carbocycles. The molecule has 7 heteroatoms. The van der Waals surface area contributed by atoms with Crippen molar-refractivity contribution in [1.82, 2.24) is 4.98 Å². The molecule has 0 N–H and O–H groups in total. The molecule has 0 spiro atoms. The Morgan fingerprint density at radius 3 is 2.33 bits per heavy atom. The van der Waals surface area contributed by atoms with Gasteiger partial charge in [0.15, 0.2) is 5.01 Å². The zero-order valence-electron chi connectivity index (χ0n) is 5.56. The van der Waals surface area contributed by atoms with Crippen LogP contribution in [0.15, 0.2) is 6.20 Å². The Labute approximate surface area is 89.9 Å². The SMILES string of the molecule is Br.FC(F)(F)c1ncc(CBr)s1. The fourth-order valence-corrected chi connectivity index (χ4v) is 1.62. The molecule has 0 atom stereocenters. The smallest absolute Gasteiger partial charge is 0.240 e. The average Bonchev–Trinajstić information content (AvgIpc) is 2.32. The van der Waals surface area contributed by atoms with Crippen LogP contribution in [0.4, 0.5) is 13.2 Å². The van der Waals surface area contributed by atoms with Crippen LogP contribution in [-0.2, 0) is 11.5 Å². The first-order chi connectivity index (χ1) is 5.04. The molecule has 1 nitrogen and oxygen atoms in total. The van der Waals surface area contributed by atoms with Gasteiger partial charge in [0.05, 0.1) is 0 Å². The number of rotatable bonds is 1. The monoisotopic (exact) mass is 325 g/mol. The third-order valence-electron chi connectivity index (χ3n) is 0.928. The summed E-state index contributed by atoms with van der Waals surface area (Å²) in [6.07, 6.45) is -3.08. The van der Waals surface area contributed by atoms with E-state index in [0.29, 0.717) is 21.5 Å². The quantitative estimate of drug-likeness (QED) is 0.718. The molecular weight excluding hydrogens is 323 g/mol. The van der Waals surface area contributed by atoms with Crippen LogP contribution in [0.2, 0.25) is 0 Å². The molecule has 0 fully saturated rings. The number of alkyl halides is 4. The van der Waals surface area contributed by atoms with E-state index in [2.05, 4.69) is 20.9 Å². The molecule has 0 aliphatic heterocycles. The molecule has 0 amide bonds. The van der Waals surface area contributed by atoms with Gasteiger partial charge in [0.25, 0.3) is 0 Å². The minimum Gasteiger partial charge on any atom is -0.240 e. The zero-order valence-corrected chi connectivity index (χ0v) is 9.68. The number of thiazole rings is 1. The summed E-state index contributed by atoms with van der Waals surface area (Å²) < 4.78 is 35.6. The summed E-state index contributed by atoms with van der Waals surface area (Å²) in [4.78, 5) is 3.80. The first-order valence-electron chi connectivity index (χ1n) is 2.62. The Bertz CT molecular complexity index is 247. The van der Waals surface area contributed by atoms with E-state index in [9.17, 15) is 13.2 Å². The Balaban J connectivity index is 0.00000121. The van der Waals surface area contributed by atoms with Gasteiger partial charge in [-0.3, -0.25) is 0 Å². The fourth-order valence-electron chi connectivity index (χ4n) is 0.500. The van der Waals surface area contributed by atoms with E-state index >= 15 is 0 Å². The summed E-state index contributed by atoms with van der Waals surface area (Å²) in [6, 6.07) is 0. The van der Waals surface area contributed by atoms with Gasteiger partial charge < -0.3 is 0 Å². The van der Waals surface area contributed by atoms with Crippen molar-refractivity contribution in [3.63, 3.8) is 0 Å². The zero-order chi connectivity index (χ0) is 8.48. The number of halogens is 5. The van der Waals surface area contributed by atoms with Crippen molar-refractivity contribution in [2.24, 2.45) is 0 Å². The first-order valence-corrected chi connectivity index (χ1v) is 4.55. The first kappa shape index (κ1) is 12.4. The average molecular weight is 327 g/mol. The predicted molar refractivity (Wildman–Crippen MR) is 50.1 cm³/mol. The summed E-state index contributed by atoms with van der Waals surface area (Å²) in [6.45, 7) is 0. The van der Waals surface area contributed by atoms with Gasteiger partial charge >= 0.3 is 6.18 Å². The van der Waals surface area contributed by atoms with Crippen molar-refractivity contribution in [1.29, 1.82) is 0 Å². The molecular formula is C5H4Br2F3NS. The topological polar surface area (TPSA) is 12.9 Å². The normalized spacial score (nSPS) is 11.0. The van der Waals surface area contributed by atoms with Gasteiger partial charge in [-0.25, -0.2) is 4.98 Å². The van der Waals surface area contributed by atoms with E-state index in [-0.39, 0.29) is 17.0 Å². The highest BCUT2D eigenvalue weighted by Gasteiger charge is 2.34. The van der Waals surface area contributed by atoms with E-state index in [0.717, 1.165) is 0 Å². The number of aromatic nitrogens is 1. The van der Waals surface area contributed by atoms with Gasteiger partial charge in [-0.1, -0.05) is 15.9 Å². The Morgan fingerprint density at radius 2 is 2.08 bits per heavy atom. The minimum atomic E-state index is -4.30. The van der Waals surface area contributed by atoms with Gasteiger partial charge in [-0.2, -0.15) is 13.2 Å². The van der Waals surface area contributed by atoms with Crippen molar-refractivity contribution in [3.8, 4) is 0 Å². The van der Waals surface area contributed by atoms with Crippen LogP contribution in [0.5, 0.6) is 0 Å². The Morgan fingerprint density at radius 1 is 1.50 bits per heavy atom. The van der Waals surface area contributed by atoms with Gasteiger partial charge in [0.1, 0.15) is 0 Å². The highest BCUT2D eigenvalue weighted by atomic mass is 79.9. The molecule has 1 heterocycles. The molecule has 0 unspecified atom stereocenters. The van der Waals surface area contributed by atoms with Crippen LogP contribution < -0.4 is 0 Å². The number of hydrogen-bond donors (Lipinski definition) is 0. The van der Waals surface area contributed by atoms with Crippen LogP contribution in [0.1, 0.15) is 9.88 Å². The maximum absolute atomic E-state index is 11.9. The lowest BCUT2D eigenvalue weighted by Crippen LogP contribution is -2.02. The maximum Gasteiger partial charge on any atom is 0.443 e. The maximum atomic E-state index is 11.9. The van der Waals surface area contributed by atoms with E-state index in [1.165, 1.54) is 6.20 Å². The highest BCUT2D eigenvalue weighted by Crippen LogP contribution is 2.32. The largest absolute Gasteiger partial charge is 0.443 e. The van der Waals surface area contributed by atoms with Gasteiger partial charge in [-0.05, 0) is 0 Å². The fraction of sp³-hybridized carbons (Fsp3) is 0.400. The highest BCUT2D eigenvalue weighted by molar-refractivity contribution is 9.08. The van der Waals surface area contributed by atoms with Crippen molar-refractivity contribution in [2.45, 2.75) is 11.5 Å². The Kier molecular flexibility index (Phi) is 4.71. The number of nitrogens with zero attached hydrogens (tertiary/aromatic N) is 1. The molecule has 0 radical (unpaired) electrons. The van der Waals surface area contributed by atoms with Crippen LogP contribution >= 0.6 is 44.2 Å². The molecule has 1 rings (SSSR count). The lowest BCUT2D eigenvalue weighted by atomic mass is 10.6. The standard InChI is InChI=1S/C5H3BrF3NS.BrH/c6-1-3-2-10-4(11-3)5(7,8)9;/h2H,1H2;1H. The second-order valence-electron chi connectivity index (χ2n) is 1.76. The molecule has 0 saturated heterocycles. The van der Waals surface area contributed by atoms with Crippen LogP contribution in [0.25, 0.3) is 0 Å². The van der Waals surface area contributed by atoms with Crippen molar-refractivity contribution >= 4 is 44.2 Å². The second kappa shape index (κ2) is 4.57. The summed E-state index contributed by atoms with van der Waals surface area (Å²) in [5.74, 6) is 0. The molecule has 70 valence electrons. The van der Waals surface area contributed by atoms with E-state index in [4.69, 9.17) is 0 Å². The van der Waals surface area contributed by atoms with Crippen LogP contribution in [-0.4, -0.2) is 4.98 Å². The van der Waals surface area contributed by atoms with Crippen LogP contribution in [0, 0.1) is 0 Å². The van der Waals surface area contributed by atoms with Gasteiger partial charge in [0.2, 0.25) is 0 Å². The van der Waals surface area contributed by atoms with E-state index < -0.39 is 11.2 Å². The van der Waals surface area contributed by atoms with Gasteiger partial charge in [0, 0.05) is 16.4 Å². The molecule has 1 aromatic rings. The summed E-state index contributed by atoms with van der Waals surface area (Å²) in [5.41, 5.74) is 0. The third kappa shape index (κ3) is 3.02. The van der Waals surface area contributed by atoms with E-state index in [1.54, 1.807) is 0 Å². The summed E-state index contributed by atoms with van der Waals surface area (Å²) in [7, 11) is 0. The third-order valence-corrected chi connectivity index (χ3v) is 2.95. The molecule has 0 aliphatic rings. The second-order valence-corrected chi connectivity index (χ2v) is 3.44. The molecule has 1 aromatic heterocycles. The van der Waals surface area contributed by atoms with Crippen molar-refractivity contribution < 1.29 is 13.2 Å². The lowest BCUT2D eigenvalue weighted by Gasteiger charge is -1.98. The molecule has 0 bridgehead atoms. The molecule has 0 aromatic carbocycles. The molecule has 0 aliphatic carbocycles. The summed E-state index contributed by atoms with van der Waals surface area (Å²) >= 11 is 3.70.